The van der Waals surface area contributed by atoms with E-state index in [0.29, 0.717) is 39.2 Å². The van der Waals surface area contributed by atoms with Crippen LogP contribution in [0.2, 0.25) is 5.02 Å². The van der Waals surface area contributed by atoms with Gasteiger partial charge in [-0.25, -0.2) is 0 Å². The molecule has 0 aliphatic carbocycles. The van der Waals surface area contributed by atoms with Gasteiger partial charge in [0.2, 0.25) is 11.7 Å². The molecule has 0 atom stereocenters. The zero-order valence-electron chi connectivity index (χ0n) is 16.8. The molecule has 0 amide bonds. The molecule has 0 unspecified atom stereocenters. The smallest absolute Gasteiger partial charge is 0.238 e. The molecule has 2 aromatic carbocycles. The molecule has 0 saturated carbocycles. The van der Waals surface area contributed by atoms with E-state index in [-0.39, 0.29) is 0 Å². The maximum absolute atomic E-state index is 6.10. The molecule has 0 aliphatic heterocycles. The van der Waals surface area contributed by atoms with Crippen molar-refractivity contribution in [2.45, 2.75) is 10.9 Å². The fraction of sp³-hybridized carbons (Fsp3) is 0.0909. The van der Waals surface area contributed by atoms with Gasteiger partial charge in [0.15, 0.2) is 16.7 Å². The van der Waals surface area contributed by atoms with Crippen LogP contribution < -0.4 is 4.74 Å². The number of rotatable bonds is 7. The number of methoxy groups -OCH3 is 1. The normalized spacial score (nSPS) is 11.1. The predicted molar refractivity (Wildman–Crippen MR) is 120 cm³/mol. The number of nitrogens with zero attached hydrogens (tertiary/aromatic N) is 5. The summed E-state index contributed by atoms with van der Waals surface area (Å²) in [5.74, 6) is 3.23. The second kappa shape index (κ2) is 8.89. The van der Waals surface area contributed by atoms with Crippen LogP contribution in [0.4, 0.5) is 0 Å². The molecule has 0 radical (unpaired) electrons. The molecule has 0 N–H and O–H groups in total. The van der Waals surface area contributed by atoms with E-state index in [2.05, 4.69) is 20.3 Å². The third kappa shape index (κ3) is 4.12. The first kappa shape index (κ1) is 20.3. The van der Waals surface area contributed by atoms with Crippen molar-refractivity contribution >= 4 is 23.4 Å². The maximum Gasteiger partial charge on any atom is 0.238 e. The Morgan fingerprint density at radius 3 is 2.72 bits per heavy atom. The summed E-state index contributed by atoms with van der Waals surface area (Å²) in [4.78, 5) is 4.39. The molecule has 10 heteroatoms. The summed E-state index contributed by atoms with van der Waals surface area (Å²) in [6.45, 7) is 0. The number of benzene rings is 2. The molecular weight excluding hydrogens is 450 g/mol. The zero-order valence-corrected chi connectivity index (χ0v) is 18.4. The van der Waals surface area contributed by atoms with Crippen molar-refractivity contribution in [1.29, 1.82) is 0 Å². The van der Waals surface area contributed by atoms with Gasteiger partial charge in [-0.2, -0.15) is 4.98 Å². The summed E-state index contributed by atoms with van der Waals surface area (Å²) in [6, 6.07) is 18.7. The van der Waals surface area contributed by atoms with Gasteiger partial charge in [-0.1, -0.05) is 40.7 Å². The van der Waals surface area contributed by atoms with E-state index in [1.165, 1.54) is 11.8 Å². The summed E-state index contributed by atoms with van der Waals surface area (Å²) in [5.41, 5.74) is 1.75. The molecule has 0 saturated heterocycles. The van der Waals surface area contributed by atoms with Gasteiger partial charge in [0.1, 0.15) is 5.75 Å². The van der Waals surface area contributed by atoms with Crippen molar-refractivity contribution in [2.24, 2.45) is 0 Å². The lowest BCUT2D eigenvalue weighted by atomic mass is 10.2. The van der Waals surface area contributed by atoms with Crippen LogP contribution in [0.15, 0.2) is 81.0 Å². The Morgan fingerprint density at radius 2 is 1.94 bits per heavy atom. The summed E-state index contributed by atoms with van der Waals surface area (Å²) in [5, 5.41) is 14.1. The van der Waals surface area contributed by atoms with Crippen LogP contribution in [0.5, 0.6) is 5.75 Å². The molecule has 3 heterocycles. The van der Waals surface area contributed by atoms with Gasteiger partial charge < -0.3 is 13.7 Å². The molecule has 8 nitrogen and oxygen atoms in total. The van der Waals surface area contributed by atoms with Gasteiger partial charge in [0, 0.05) is 16.3 Å². The molecule has 0 spiro atoms. The lowest BCUT2D eigenvalue weighted by Crippen LogP contribution is -2.00. The van der Waals surface area contributed by atoms with E-state index in [1.54, 1.807) is 25.5 Å². The Labute approximate surface area is 192 Å². The van der Waals surface area contributed by atoms with E-state index in [1.807, 2.05) is 53.1 Å². The highest BCUT2D eigenvalue weighted by Crippen LogP contribution is 2.31. The van der Waals surface area contributed by atoms with Crippen molar-refractivity contribution in [2.75, 3.05) is 7.11 Å². The Morgan fingerprint density at radius 1 is 1.06 bits per heavy atom. The third-order valence-corrected chi connectivity index (χ3v) is 5.75. The molecule has 5 aromatic rings. The first-order valence-corrected chi connectivity index (χ1v) is 10.9. The number of halogens is 1. The minimum Gasteiger partial charge on any atom is -0.497 e. The van der Waals surface area contributed by atoms with Crippen LogP contribution in [0.3, 0.4) is 0 Å². The molecular formula is C22H16ClN5O3S. The maximum atomic E-state index is 6.10. The Bertz CT molecular complexity index is 1330. The Balaban J connectivity index is 1.48. The van der Waals surface area contributed by atoms with Crippen molar-refractivity contribution < 1.29 is 13.7 Å². The van der Waals surface area contributed by atoms with E-state index >= 15 is 0 Å². The number of ether oxygens (including phenoxy) is 1. The van der Waals surface area contributed by atoms with Crippen LogP contribution in [0.25, 0.3) is 28.7 Å². The summed E-state index contributed by atoms with van der Waals surface area (Å²) >= 11 is 7.53. The molecule has 0 fully saturated rings. The molecule has 160 valence electrons. The van der Waals surface area contributed by atoms with Crippen LogP contribution in [0, 0.1) is 0 Å². The van der Waals surface area contributed by atoms with Crippen molar-refractivity contribution in [1.82, 2.24) is 24.9 Å². The Kier molecular flexibility index (Phi) is 5.66. The molecule has 0 bridgehead atoms. The molecule has 0 aliphatic rings. The topological polar surface area (TPSA) is 92.0 Å². The average molecular weight is 466 g/mol. The SMILES string of the molecule is COc1cccc(-c2nnc(SCc3nc(-c4ccco4)no3)n2-c2ccc(Cl)cc2)c1. The fourth-order valence-electron chi connectivity index (χ4n) is 3.08. The zero-order chi connectivity index (χ0) is 21.9. The van der Waals surface area contributed by atoms with E-state index in [4.69, 9.17) is 25.3 Å². The molecule has 32 heavy (non-hydrogen) atoms. The Hall–Kier alpha value is -3.56. The van der Waals surface area contributed by atoms with E-state index in [0.717, 1.165) is 17.0 Å². The highest BCUT2D eigenvalue weighted by molar-refractivity contribution is 7.98. The second-order valence-electron chi connectivity index (χ2n) is 6.63. The number of aromatic nitrogens is 5. The monoisotopic (exact) mass is 465 g/mol. The largest absolute Gasteiger partial charge is 0.497 e. The van der Waals surface area contributed by atoms with E-state index in [9.17, 15) is 0 Å². The second-order valence-corrected chi connectivity index (χ2v) is 8.01. The summed E-state index contributed by atoms with van der Waals surface area (Å²) < 4.78 is 18.0. The predicted octanol–water partition coefficient (Wildman–Crippen LogP) is 5.53. The van der Waals surface area contributed by atoms with Gasteiger partial charge in [0.05, 0.1) is 19.1 Å². The lowest BCUT2D eigenvalue weighted by molar-refractivity contribution is 0.390. The minimum atomic E-state index is 0.404. The van der Waals surface area contributed by atoms with Crippen molar-refractivity contribution in [3.8, 4) is 34.4 Å². The van der Waals surface area contributed by atoms with Gasteiger partial charge in [0.25, 0.3) is 0 Å². The highest BCUT2D eigenvalue weighted by Gasteiger charge is 2.18. The van der Waals surface area contributed by atoms with Gasteiger partial charge >= 0.3 is 0 Å². The highest BCUT2D eigenvalue weighted by atomic mass is 35.5. The van der Waals surface area contributed by atoms with Crippen LogP contribution in [0.1, 0.15) is 5.89 Å². The third-order valence-electron chi connectivity index (χ3n) is 4.58. The average Bonchev–Trinajstić information content (AvgIpc) is 3.59. The lowest BCUT2D eigenvalue weighted by Gasteiger charge is -2.11. The number of furan rings is 1. The van der Waals surface area contributed by atoms with Crippen molar-refractivity contribution in [3.63, 3.8) is 0 Å². The first-order chi connectivity index (χ1) is 15.7. The van der Waals surface area contributed by atoms with Crippen molar-refractivity contribution in [3.05, 3.63) is 77.8 Å². The fourth-order valence-corrected chi connectivity index (χ4v) is 4.00. The van der Waals surface area contributed by atoms with E-state index < -0.39 is 0 Å². The standard InChI is InChI=1S/C22H16ClN5O3S/c1-29-17-5-2-4-14(12-17)21-25-26-22(28(21)16-9-7-15(23)8-10-16)32-13-19-24-20(27-31-19)18-6-3-11-30-18/h2-12H,13H2,1H3. The number of hydrogen-bond acceptors (Lipinski definition) is 8. The van der Waals surface area contributed by atoms with Crippen LogP contribution >= 0.6 is 23.4 Å². The van der Waals surface area contributed by atoms with Crippen LogP contribution in [-0.4, -0.2) is 32.0 Å². The molecule has 5 rings (SSSR count). The van der Waals surface area contributed by atoms with Gasteiger partial charge in [-0.3, -0.25) is 4.57 Å². The first-order valence-electron chi connectivity index (χ1n) is 9.56. The summed E-state index contributed by atoms with van der Waals surface area (Å²) in [7, 11) is 1.63. The van der Waals surface area contributed by atoms with Crippen LogP contribution in [-0.2, 0) is 5.75 Å². The quantitative estimate of drug-likeness (QED) is 0.289. The molecule has 3 aromatic heterocycles. The summed E-state index contributed by atoms with van der Waals surface area (Å²) in [6.07, 6.45) is 1.56. The minimum absolute atomic E-state index is 0.404. The van der Waals surface area contributed by atoms with Gasteiger partial charge in [-0.15, -0.1) is 10.2 Å². The van der Waals surface area contributed by atoms with Gasteiger partial charge in [-0.05, 0) is 48.5 Å². The number of hydrogen-bond donors (Lipinski definition) is 0. The number of thioether (sulfide) groups is 1.